The van der Waals surface area contributed by atoms with E-state index in [2.05, 4.69) is 10.6 Å². The standard InChI is InChI=1S/C21H24N2O4/c1-3-27-20(25)18(12-16-8-5-4-6-9-16)14-22-21(26)23-19-11-7-10-17(13-19)15(2)24/h4-11,13,18H,3,12,14H2,1-2H3,(H2,22,23,26). The summed E-state index contributed by atoms with van der Waals surface area (Å²) in [4.78, 5) is 35.8. The summed E-state index contributed by atoms with van der Waals surface area (Å²) < 4.78 is 5.12. The van der Waals surface area contributed by atoms with Crippen molar-refractivity contribution < 1.29 is 19.1 Å². The topological polar surface area (TPSA) is 84.5 Å². The van der Waals surface area contributed by atoms with E-state index >= 15 is 0 Å². The Morgan fingerprint density at radius 2 is 1.78 bits per heavy atom. The van der Waals surface area contributed by atoms with Gasteiger partial charge in [0.05, 0.1) is 12.5 Å². The van der Waals surface area contributed by atoms with Crippen LogP contribution in [-0.2, 0) is 16.0 Å². The summed E-state index contributed by atoms with van der Waals surface area (Å²) in [6.07, 6.45) is 0.472. The SMILES string of the molecule is CCOC(=O)C(CNC(=O)Nc1cccc(C(C)=O)c1)Cc1ccccc1. The predicted octanol–water partition coefficient (Wildman–Crippen LogP) is 3.43. The minimum atomic E-state index is -0.485. The van der Waals surface area contributed by atoms with Crippen molar-refractivity contribution in [2.45, 2.75) is 20.3 Å². The van der Waals surface area contributed by atoms with E-state index in [1.165, 1.54) is 6.92 Å². The molecule has 6 nitrogen and oxygen atoms in total. The van der Waals surface area contributed by atoms with Crippen LogP contribution in [0.3, 0.4) is 0 Å². The van der Waals surface area contributed by atoms with Crippen molar-refractivity contribution in [3.8, 4) is 0 Å². The van der Waals surface area contributed by atoms with Gasteiger partial charge in [-0.15, -0.1) is 0 Å². The van der Waals surface area contributed by atoms with E-state index in [9.17, 15) is 14.4 Å². The number of carbonyl (C=O) groups excluding carboxylic acids is 3. The molecule has 2 rings (SSSR count). The molecule has 27 heavy (non-hydrogen) atoms. The summed E-state index contributed by atoms with van der Waals surface area (Å²) in [7, 11) is 0. The lowest BCUT2D eigenvalue weighted by Gasteiger charge is -2.17. The van der Waals surface area contributed by atoms with Gasteiger partial charge in [0, 0.05) is 17.8 Å². The van der Waals surface area contributed by atoms with Crippen molar-refractivity contribution in [2.24, 2.45) is 5.92 Å². The maximum Gasteiger partial charge on any atom is 0.319 e. The molecule has 142 valence electrons. The molecule has 2 aromatic rings. The smallest absolute Gasteiger partial charge is 0.319 e. The third-order valence-corrected chi connectivity index (χ3v) is 3.98. The van der Waals surface area contributed by atoms with Crippen LogP contribution in [0.25, 0.3) is 0 Å². The Morgan fingerprint density at radius 3 is 2.44 bits per heavy atom. The minimum Gasteiger partial charge on any atom is -0.466 e. The molecular weight excluding hydrogens is 344 g/mol. The van der Waals surface area contributed by atoms with Crippen molar-refractivity contribution >= 4 is 23.5 Å². The molecule has 0 spiro atoms. The molecule has 2 aromatic carbocycles. The van der Waals surface area contributed by atoms with E-state index in [0.29, 0.717) is 17.7 Å². The first-order valence-corrected chi connectivity index (χ1v) is 8.86. The number of anilines is 1. The Balaban J connectivity index is 1.96. The van der Waals surface area contributed by atoms with Gasteiger partial charge in [0.15, 0.2) is 5.78 Å². The number of hydrogen-bond acceptors (Lipinski definition) is 4. The Hall–Kier alpha value is -3.15. The van der Waals surface area contributed by atoms with E-state index < -0.39 is 11.9 Å². The second-order valence-corrected chi connectivity index (χ2v) is 6.11. The van der Waals surface area contributed by atoms with Crippen molar-refractivity contribution in [1.82, 2.24) is 5.32 Å². The summed E-state index contributed by atoms with van der Waals surface area (Å²) in [5.41, 5.74) is 2.02. The van der Waals surface area contributed by atoms with Crippen LogP contribution < -0.4 is 10.6 Å². The van der Waals surface area contributed by atoms with Crippen LogP contribution in [-0.4, -0.2) is 30.9 Å². The Bertz CT molecular complexity index is 790. The number of nitrogens with one attached hydrogen (secondary N) is 2. The minimum absolute atomic E-state index is 0.0794. The third kappa shape index (κ3) is 6.58. The molecule has 6 heteroatoms. The Labute approximate surface area is 158 Å². The molecule has 1 unspecified atom stereocenters. The third-order valence-electron chi connectivity index (χ3n) is 3.98. The molecule has 1 atom stereocenters. The fraction of sp³-hybridized carbons (Fsp3) is 0.286. The lowest BCUT2D eigenvalue weighted by molar-refractivity contribution is -0.147. The van der Waals surface area contributed by atoms with Gasteiger partial charge in [0.1, 0.15) is 0 Å². The fourth-order valence-electron chi connectivity index (χ4n) is 2.60. The lowest BCUT2D eigenvalue weighted by Crippen LogP contribution is -2.37. The highest BCUT2D eigenvalue weighted by atomic mass is 16.5. The zero-order valence-electron chi connectivity index (χ0n) is 15.5. The van der Waals surface area contributed by atoms with Gasteiger partial charge < -0.3 is 15.4 Å². The molecule has 0 saturated heterocycles. The van der Waals surface area contributed by atoms with Gasteiger partial charge in [-0.2, -0.15) is 0 Å². The molecule has 0 saturated carbocycles. The molecule has 0 aliphatic rings. The van der Waals surface area contributed by atoms with Crippen LogP contribution in [0.1, 0.15) is 29.8 Å². The number of amides is 2. The number of esters is 1. The summed E-state index contributed by atoms with van der Waals surface area (Å²) in [6, 6.07) is 15.8. The highest BCUT2D eigenvalue weighted by molar-refractivity contribution is 5.96. The van der Waals surface area contributed by atoms with Gasteiger partial charge in [-0.1, -0.05) is 42.5 Å². The second kappa shape index (κ2) is 10.1. The Kier molecular flexibility index (Phi) is 7.55. The van der Waals surface area contributed by atoms with E-state index in [4.69, 9.17) is 4.74 Å². The zero-order valence-corrected chi connectivity index (χ0v) is 15.5. The number of ether oxygens (including phenoxy) is 1. The molecule has 0 aromatic heterocycles. The normalized spacial score (nSPS) is 11.3. The largest absolute Gasteiger partial charge is 0.466 e. The second-order valence-electron chi connectivity index (χ2n) is 6.11. The van der Waals surface area contributed by atoms with Crippen LogP contribution in [0.5, 0.6) is 0 Å². The van der Waals surface area contributed by atoms with Crippen LogP contribution in [0.2, 0.25) is 0 Å². The van der Waals surface area contributed by atoms with Gasteiger partial charge >= 0.3 is 12.0 Å². The van der Waals surface area contributed by atoms with Crippen molar-refractivity contribution in [3.63, 3.8) is 0 Å². The maximum absolute atomic E-state index is 12.2. The number of carbonyl (C=O) groups is 3. The molecule has 2 N–H and O–H groups in total. The van der Waals surface area contributed by atoms with Crippen LogP contribution >= 0.6 is 0 Å². The first-order valence-electron chi connectivity index (χ1n) is 8.86. The first kappa shape index (κ1) is 20.2. The molecule has 2 amide bonds. The van der Waals surface area contributed by atoms with E-state index in [1.54, 1.807) is 31.2 Å². The molecule has 0 radical (unpaired) electrons. The molecule has 0 bridgehead atoms. The average molecular weight is 368 g/mol. The van der Waals surface area contributed by atoms with Crippen LogP contribution in [0, 0.1) is 5.92 Å². The van der Waals surface area contributed by atoms with Gasteiger partial charge in [0.25, 0.3) is 0 Å². The Morgan fingerprint density at radius 1 is 1.04 bits per heavy atom. The molecule has 0 aliphatic carbocycles. The first-order chi connectivity index (χ1) is 13.0. The van der Waals surface area contributed by atoms with Crippen molar-refractivity contribution in [1.29, 1.82) is 0 Å². The average Bonchev–Trinajstić information content (AvgIpc) is 2.66. The number of benzene rings is 2. The number of ketones is 1. The predicted molar refractivity (Wildman–Crippen MR) is 104 cm³/mol. The summed E-state index contributed by atoms with van der Waals surface area (Å²) in [6.45, 7) is 3.65. The van der Waals surface area contributed by atoms with Crippen molar-refractivity contribution in [2.75, 3.05) is 18.5 Å². The zero-order chi connectivity index (χ0) is 19.6. The maximum atomic E-state index is 12.2. The highest BCUT2D eigenvalue weighted by Crippen LogP contribution is 2.12. The van der Waals surface area contributed by atoms with Crippen LogP contribution in [0.15, 0.2) is 54.6 Å². The van der Waals surface area contributed by atoms with Gasteiger partial charge in [-0.05, 0) is 38.0 Å². The summed E-state index contributed by atoms with van der Waals surface area (Å²) in [5.74, 6) is -0.911. The van der Waals surface area contributed by atoms with E-state index in [0.717, 1.165) is 5.56 Å². The lowest BCUT2D eigenvalue weighted by atomic mass is 9.99. The van der Waals surface area contributed by atoms with Crippen molar-refractivity contribution in [3.05, 3.63) is 65.7 Å². The molecule has 0 fully saturated rings. The molecule has 0 aliphatic heterocycles. The monoisotopic (exact) mass is 368 g/mol. The number of Topliss-reactive ketones (excluding diaryl/α,β-unsaturated/α-hetero) is 1. The number of hydrogen-bond donors (Lipinski definition) is 2. The summed E-state index contributed by atoms with van der Waals surface area (Å²) in [5, 5.41) is 5.38. The number of rotatable bonds is 8. The van der Waals surface area contributed by atoms with Crippen LogP contribution in [0.4, 0.5) is 10.5 Å². The summed E-state index contributed by atoms with van der Waals surface area (Å²) >= 11 is 0. The molecule has 0 heterocycles. The van der Waals surface area contributed by atoms with E-state index in [1.807, 2.05) is 30.3 Å². The fourth-order valence-corrected chi connectivity index (χ4v) is 2.60. The highest BCUT2D eigenvalue weighted by Gasteiger charge is 2.21. The van der Waals surface area contributed by atoms with Gasteiger partial charge in [-0.25, -0.2) is 4.79 Å². The van der Waals surface area contributed by atoms with E-state index in [-0.39, 0.29) is 24.9 Å². The quantitative estimate of drug-likeness (QED) is 0.552. The number of urea groups is 1. The van der Waals surface area contributed by atoms with Gasteiger partial charge in [0.2, 0.25) is 0 Å². The van der Waals surface area contributed by atoms with Gasteiger partial charge in [-0.3, -0.25) is 9.59 Å². The molecular formula is C21H24N2O4.